The molecule has 38 heavy (non-hydrogen) atoms. The van der Waals surface area contributed by atoms with E-state index in [0.717, 1.165) is 24.8 Å². The monoisotopic (exact) mass is 523 g/mol. The van der Waals surface area contributed by atoms with Gasteiger partial charge < -0.3 is 24.4 Å². The molecule has 7 rings (SSSR count). The van der Waals surface area contributed by atoms with Gasteiger partial charge in [0.05, 0.1) is 41.6 Å². The first kappa shape index (κ1) is 24.8. The fourth-order valence-electron chi connectivity index (χ4n) is 10.3. The van der Waals surface area contributed by atoms with Crippen molar-refractivity contribution in [3.63, 3.8) is 0 Å². The van der Waals surface area contributed by atoms with Crippen molar-refractivity contribution in [1.82, 2.24) is 4.90 Å². The summed E-state index contributed by atoms with van der Waals surface area (Å²) in [5.74, 6) is -1.39. The van der Waals surface area contributed by atoms with Crippen molar-refractivity contribution in [2.75, 3.05) is 14.2 Å². The Bertz CT molecular complexity index is 1200. The lowest BCUT2D eigenvalue weighted by Crippen LogP contribution is -2.74. The Morgan fingerprint density at radius 2 is 1.76 bits per heavy atom. The highest BCUT2D eigenvalue weighted by atomic mass is 16.6. The van der Waals surface area contributed by atoms with Crippen molar-refractivity contribution in [2.24, 2.45) is 23.7 Å². The van der Waals surface area contributed by atoms with Crippen molar-refractivity contribution in [1.29, 1.82) is 0 Å². The molecule has 12 atom stereocenters. The number of aliphatic hydroxyl groups is 2. The Morgan fingerprint density at radius 3 is 2.47 bits per heavy atom. The minimum atomic E-state index is -1.13. The number of carbonyl (C=O) groups is 2. The Kier molecular flexibility index (Phi) is 5.45. The third-order valence-electron chi connectivity index (χ3n) is 11.2. The normalized spacial score (nSPS) is 47.9. The standard InChI is InChI=1S/C30H37NO7/c1-15-9-10-18-20-13-17-14-29(18,35)26-23(28(34)37-3)25(38-27(33)16-7-5-4-6-8-16)22-19(30(17,26)31(15)20)11-12-21(32)24(22)36-2/h4-8,15,17-22,24-25,32,35H,9-14H2,1-3H3/t15-,17?,18+,19+,20+,21-,22-,24-,25-,29+,30+/m0/s1. The number of rotatable bonds is 4. The Hall–Kier alpha value is -2.26. The van der Waals surface area contributed by atoms with E-state index >= 15 is 0 Å². The minimum absolute atomic E-state index is 0.0367. The Morgan fingerprint density at radius 1 is 1.03 bits per heavy atom. The average molecular weight is 524 g/mol. The van der Waals surface area contributed by atoms with Crippen LogP contribution in [0.15, 0.2) is 41.5 Å². The van der Waals surface area contributed by atoms with E-state index in [1.54, 1.807) is 31.4 Å². The van der Waals surface area contributed by atoms with Gasteiger partial charge in [-0.3, -0.25) is 4.90 Å². The van der Waals surface area contributed by atoms with Crippen molar-refractivity contribution in [3.05, 3.63) is 47.0 Å². The number of benzene rings is 1. The van der Waals surface area contributed by atoms with E-state index in [1.165, 1.54) is 7.11 Å². The molecule has 1 aromatic carbocycles. The van der Waals surface area contributed by atoms with Gasteiger partial charge in [-0.2, -0.15) is 0 Å². The molecule has 1 spiro atoms. The zero-order chi connectivity index (χ0) is 26.6. The summed E-state index contributed by atoms with van der Waals surface area (Å²) in [6, 6.07) is 9.30. The highest BCUT2D eigenvalue weighted by molar-refractivity contribution is 5.95. The maximum atomic E-state index is 13.8. The number of esters is 2. The number of piperidine rings is 2. The molecule has 1 aromatic rings. The number of carbonyl (C=O) groups excluding carboxylic acids is 2. The molecule has 3 aliphatic carbocycles. The summed E-state index contributed by atoms with van der Waals surface area (Å²) in [5, 5.41) is 23.7. The van der Waals surface area contributed by atoms with Crippen LogP contribution in [0.1, 0.15) is 55.8 Å². The minimum Gasteiger partial charge on any atom is -0.466 e. The number of hydrogen-bond donors (Lipinski definition) is 2. The second-order valence-corrected chi connectivity index (χ2v) is 12.4. The zero-order valence-corrected chi connectivity index (χ0v) is 22.2. The fraction of sp³-hybridized carbons (Fsp3) is 0.667. The number of nitrogens with zero attached hydrogens (tertiary/aromatic N) is 1. The molecule has 8 nitrogen and oxygen atoms in total. The number of hydrogen-bond acceptors (Lipinski definition) is 8. The van der Waals surface area contributed by atoms with Crippen LogP contribution in [0.5, 0.6) is 0 Å². The molecule has 0 radical (unpaired) electrons. The van der Waals surface area contributed by atoms with E-state index in [4.69, 9.17) is 14.2 Å². The van der Waals surface area contributed by atoms with Gasteiger partial charge in [-0.15, -0.1) is 0 Å². The molecular formula is C30H37NO7. The number of methoxy groups -OCH3 is 2. The van der Waals surface area contributed by atoms with Crippen molar-refractivity contribution in [2.45, 2.75) is 87.0 Å². The first-order valence-corrected chi connectivity index (χ1v) is 14.1. The highest BCUT2D eigenvalue weighted by Crippen LogP contribution is 2.75. The van der Waals surface area contributed by atoms with E-state index in [2.05, 4.69) is 11.8 Å². The second kappa shape index (κ2) is 8.37. The average Bonchev–Trinajstić information content (AvgIpc) is 3.32. The van der Waals surface area contributed by atoms with E-state index in [1.807, 2.05) is 6.07 Å². The van der Waals surface area contributed by atoms with E-state index in [-0.39, 0.29) is 29.4 Å². The first-order valence-electron chi connectivity index (χ1n) is 14.1. The molecule has 2 N–H and O–H groups in total. The molecular weight excluding hydrogens is 486 g/mol. The summed E-state index contributed by atoms with van der Waals surface area (Å²) in [6.45, 7) is 2.26. The Balaban J connectivity index is 1.49. The van der Waals surface area contributed by atoms with Gasteiger partial charge >= 0.3 is 11.9 Å². The van der Waals surface area contributed by atoms with Crippen LogP contribution in [0.3, 0.4) is 0 Å². The van der Waals surface area contributed by atoms with Gasteiger partial charge in [-0.05, 0) is 75.0 Å². The van der Waals surface area contributed by atoms with Gasteiger partial charge in [0.1, 0.15) is 6.10 Å². The van der Waals surface area contributed by atoms with Crippen molar-refractivity contribution in [3.8, 4) is 0 Å². The molecule has 204 valence electrons. The molecule has 5 fully saturated rings. The lowest BCUT2D eigenvalue weighted by molar-refractivity contribution is -0.181. The molecule has 2 unspecified atom stereocenters. The van der Waals surface area contributed by atoms with Crippen LogP contribution in [0.4, 0.5) is 0 Å². The molecule has 3 saturated heterocycles. The maximum Gasteiger partial charge on any atom is 0.338 e. The first-order chi connectivity index (χ1) is 18.3. The quantitative estimate of drug-likeness (QED) is 0.580. The van der Waals surface area contributed by atoms with Crippen LogP contribution in [0.2, 0.25) is 0 Å². The van der Waals surface area contributed by atoms with Gasteiger partial charge in [0.2, 0.25) is 0 Å². The largest absolute Gasteiger partial charge is 0.466 e. The van der Waals surface area contributed by atoms with E-state index in [9.17, 15) is 19.8 Å². The summed E-state index contributed by atoms with van der Waals surface area (Å²) >= 11 is 0. The van der Waals surface area contributed by atoms with Crippen LogP contribution in [0.25, 0.3) is 0 Å². The maximum absolute atomic E-state index is 13.8. The third kappa shape index (κ3) is 2.85. The third-order valence-corrected chi connectivity index (χ3v) is 11.2. The highest BCUT2D eigenvalue weighted by Gasteiger charge is 2.81. The Labute approximate surface area is 222 Å². The number of aliphatic hydroxyl groups excluding tert-OH is 1. The molecule has 0 aromatic heterocycles. The molecule has 2 saturated carbocycles. The lowest BCUT2D eigenvalue weighted by atomic mass is 9.52. The summed E-state index contributed by atoms with van der Waals surface area (Å²) in [4.78, 5) is 29.9. The topological polar surface area (TPSA) is 106 Å². The second-order valence-electron chi connectivity index (χ2n) is 12.4. The zero-order valence-electron chi connectivity index (χ0n) is 22.2. The van der Waals surface area contributed by atoms with Crippen LogP contribution < -0.4 is 0 Å². The molecule has 6 aliphatic rings. The smallest absolute Gasteiger partial charge is 0.338 e. The molecule has 8 heteroatoms. The van der Waals surface area contributed by atoms with Gasteiger partial charge in [0.15, 0.2) is 0 Å². The molecule has 3 heterocycles. The number of ether oxygens (including phenoxy) is 3. The molecule has 0 amide bonds. The predicted molar refractivity (Wildman–Crippen MR) is 136 cm³/mol. The van der Waals surface area contributed by atoms with Crippen LogP contribution >= 0.6 is 0 Å². The summed E-state index contributed by atoms with van der Waals surface area (Å²) < 4.78 is 17.6. The fourth-order valence-corrected chi connectivity index (χ4v) is 10.3. The van der Waals surface area contributed by atoms with E-state index < -0.39 is 47.3 Å². The lowest BCUT2D eigenvalue weighted by Gasteiger charge is -2.65. The van der Waals surface area contributed by atoms with Crippen molar-refractivity contribution < 1.29 is 34.0 Å². The van der Waals surface area contributed by atoms with Crippen molar-refractivity contribution >= 4 is 11.9 Å². The van der Waals surface area contributed by atoms with Crippen LogP contribution in [-0.2, 0) is 19.0 Å². The summed E-state index contributed by atoms with van der Waals surface area (Å²) in [7, 11) is 2.92. The molecule has 3 aliphatic heterocycles. The predicted octanol–water partition coefficient (Wildman–Crippen LogP) is 2.47. The summed E-state index contributed by atoms with van der Waals surface area (Å²) in [5.41, 5.74) is -0.273. The van der Waals surface area contributed by atoms with Gasteiger partial charge in [-0.1, -0.05) is 18.2 Å². The van der Waals surface area contributed by atoms with E-state index in [0.29, 0.717) is 30.9 Å². The van der Waals surface area contributed by atoms with Crippen LogP contribution in [0, 0.1) is 23.7 Å². The number of fused-ring (bicyclic) bond motifs is 2. The van der Waals surface area contributed by atoms with Crippen LogP contribution in [-0.4, -0.2) is 82.8 Å². The molecule has 5 bridgehead atoms. The van der Waals surface area contributed by atoms with Gasteiger partial charge in [-0.25, -0.2) is 9.59 Å². The van der Waals surface area contributed by atoms with Gasteiger partial charge in [0, 0.05) is 31.0 Å². The SMILES string of the molecule is COC(=O)C1=C2[C@@]3(O)CC4C[C@@H]5[C@H]3CC[C@H](C)N5[C@]24[C@@H]2CC[C@H](O)[C@H](OC)[C@H]2[C@@H]1OC(=O)c1ccccc1. The summed E-state index contributed by atoms with van der Waals surface area (Å²) in [6.07, 6.45) is 2.39. The van der Waals surface area contributed by atoms with Gasteiger partial charge in [0.25, 0.3) is 0 Å².